The maximum absolute atomic E-state index is 15.2. The van der Waals surface area contributed by atoms with Crippen molar-refractivity contribution in [2.24, 2.45) is 0 Å². The van der Waals surface area contributed by atoms with Crippen LogP contribution in [0.2, 0.25) is 5.02 Å². The molecule has 4 heterocycles. The van der Waals surface area contributed by atoms with Crippen molar-refractivity contribution in [2.75, 3.05) is 51.8 Å². The fourth-order valence-corrected chi connectivity index (χ4v) is 7.04. The quantitative estimate of drug-likeness (QED) is 0.167. The standard InChI is InChI=1S/C36H36ClF2N7O5/c1-50-30-17-28-24(34(41-20-40-28)42-23-3-4-26(38)25(37)15-23)16-31(30)51-12-2-7-44-8-10-45(11-9-44)18-21-13-22-19-46(36(49)33(22)27(39)14-21)29-5-6-32(47)43-35(29)48/h3-4,13-17,20,29H,2,5-12,18-19H2,1H3,(H,40,41,42)(H,43,47,48). The number of rotatable bonds is 11. The molecule has 1 atom stereocenters. The van der Waals surface area contributed by atoms with Crippen molar-refractivity contribution < 1.29 is 32.6 Å². The molecule has 1 aromatic heterocycles. The molecule has 2 N–H and O–H groups in total. The van der Waals surface area contributed by atoms with Gasteiger partial charge in [0.2, 0.25) is 11.8 Å². The Kier molecular flexibility index (Phi) is 9.98. The van der Waals surface area contributed by atoms with Gasteiger partial charge in [0.1, 0.15) is 29.8 Å². The lowest BCUT2D eigenvalue weighted by atomic mass is 10.0. The molecule has 12 nitrogen and oxygen atoms in total. The highest BCUT2D eigenvalue weighted by Gasteiger charge is 2.40. The van der Waals surface area contributed by atoms with Crippen LogP contribution >= 0.6 is 11.6 Å². The van der Waals surface area contributed by atoms with Crippen LogP contribution in [0.25, 0.3) is 10.9 Å². The lowest BCUT2D eigenvalue weighted by Crippen LogP contribution is -2.52. The second kappa shape index (κ2) is 14.7. The SMILES string of the molecule is COc1cc2ncnc(Nc3ccc(F)c(Cl)c3)c2cc1OCCCN1CCN(Cc2cc(F)c3c(c2)CN(C2CCC(=O)NC2=O)C3=O)CC1. The fraction of sp³-hybridized carbons (Fsp3) is 0.361. The lowest BCUT2D eigenvalue weighted by molar-refractivity contribution is -0.136. The average molecular weight is 720 g/mol. The summed E-state index contributed by atoms with van der Waals surface area (Å²) in [6, 6.07) is 10.4. The van der Waals surface area contributed by atoms with E-state index in [0.29, 0.717) is 52.6 Å². The number of nitrogens with one attached hydrogen (secondary N) is 2. The van der Waals surface area contributed by atoms with Crippen LogP contribution in [-0.4, -0.2) is 94.9 Å². The minimum atomic E-state index is -0.780. The molecule has 7 rings (SSSR count). The number of anilines is 2. The van der Waals surface area contributed by atoms with Crippen molar-refractivity contribution in [3.8, 4) is 11.5 Å². The largest absolute Gasteiger partial charge is 0.493 e. The molecule has 0 saturated carbocycles. The van der Waals surface area contributed by atoms with Crippen molar-refractivity contribution in [1.82, 2.24) is 30.0 Å². The number of fused-ring (bicyclic) bond motifs is 2. The van der Waals surface area contributed by atoms with Gasteiger partial charge in [0.15, 0.2) is 11.5 Å². The first-order valence-electron chi connectivity index (χ1n) is 16.7. The molecule has 0 spiro atoms. The second-order valence-corrected chi connectivity index (χ2v) is 13.2. The topological polar surface area (TPSA) is 129 Å². The van der Waals surface area contributed by atoms with Gasteiger partial charge < -0.3 is 24.6 Å². The van der Waals surface area contributed by atoms with Crippen molar-refractivity contribution in [1.29, 1.82) is 0 Å². The zero-order chi connectivity index (χ0) is 35.6. The number of hydrogen-bond donors (Lipinski definition) is 2. The maximum Gasteiger partial charge on any atom is 0.258 e. The highest BCUT2D eigenvalue weighted by atomic mass is 35.5. The predicted molar refractivity (Wildman–Crippen MR) is 185 cm³/mol. The molecule has 2 saturated heterocycles. The van der Waals surface area contributed by atoms with E-state index in [9.17, 15) is 18.8 Å². The molecule has 2 fully saturated rings. The number of aromatic nitrogens is 2. The molecule has 0 aliphatic carbocycles. The number of nitrogens with zero attached hydrogens (tertiary/aromatic N) is 5. The number of piperidine rings is 1. The van der Waals surface area contributed by atoms with Crippen molar-refractivity contribution >= 4 is 51.7 Å². The summed E-state index contributed by atoms with van der Waals surface area (Å²) in [4.78, 5) is 51.7. The average Bonchev–Trinajstić information content (AvgIpc) is 3.44. The molecule has 3 amide bonds. The van der Waals surface area contributed by atoms with Gasteiger partial charge in [0.25, 0.3) is 5.91 Å². The number of carbonyl (C=O) groups excluding carboxylic acids is 3. The van der Waals surface area contributed by atoms with E-state index in [1.54, 1.807) is 19.2 Å². The van der Waals surface area contributed by atoms with Crippen LogP contribution in [0.1, 0.15) is 40.7 Å². The Hall–Kier alpha value is -4.92. The summed E-state index contributed by atoms with van der Waals surface area (Å²) in [7, 11) is 1.57. The summed E-state index contributed by atoms with van der Waals surface area (Å²) in [5, 5.41) is 6.15. The van der Waals surface area contributed by atoms with Gasteiger partial charge in [-0.1, -0.05) is 17.7 Å². The minimum absolute atomic E-state index is 0.000247. The minimum Gasteiger partial charge on any atom is -0.493 e. The van der Waals surface area contributed by atoms with E-state index >= 15 is 4.39 Å². The van der Waals surface area contributed by atoms with Crippen LogP contribution in [0.15, 0.2) is 48.8 Å². The molecule has 1 unspecified atom stereocenters. The molecular weight excluding hydrogens is 684 g/mol. The van der Waals surface area contributed by atoms with E-state index in [4.69, 9.17) is 21.1 Å². The normalized spacial score (nSPS) is 18.2. The Balaban J connectivity index is 0.906. The highest BCUT2D eigenvalue weighted by molar-refractivity contribution is 6.31. The van der Waals surface area contributed by atoms with Gasteiger partial charge in [-0.2, -0.15) is 0 Å². The third-order valence-corrected chi connectivity index (χ3v) is 9.77. The number of halogens is 3. The van der Waals surface area contributed by atoms with Gasteiger partial charge in [0, 0.05) is 69.4 Å². The van der Waals surface area contributed by atoms with E-state index in [1.165, 1.54) is 29.4 Å². The van der Waals surface area contributed by atoms with Gasteiger partial charge in [-0.05, 0) is 54.3 Å². The van der Waals surface area contributed by atoms with Gasteiger partial charge >= 0.3 is 0 Å². The number of benzene rings is 3. The molecule has 15 heteroatoms. The lowest BCUT2D eigenvalue weighted by Gasteiger charge is -2.34. The molecule has 0 bridgehead atoms. The van der Waals surface area contributed by atoms with Crippen LogP contribution in [0.4, 0.5) is 20.3 Å². The number of methoxy groups -OCH3 is 1. The van der Waals surface area contributed by atoms with Gasteiger partial charge in [-0.15, -0.1) is 0 Å². The molecule has 3 aromatic carbocycles. The highest BCUT2D eigenvalue weighted by Crippen LogP contribution is 2.35. The van der Waals surface area contributed by atoms with Crippen LogP contribution in [0, 0.1) is 11.6 Å². The van der Waals surface area contributed by atoms with Crippen molar-refractivity contribution in [3.05, 3.63) is 82.1 Å². The summed E-state index contributed by atoms with van der Waals surface area (Å²) in [6.45, 7) is 5.25. The Labute approximate surface area is 297 Å². The molecule has 3 aliphatic rings. The Morgan fingerprint density at radius 2 is 1.78 bits per heavy atom. The van der Waals surface area contributed by atoms with E-state index in [-0.39, 0.29) is 35.9 Å². The summed E-state index contributed by atoms with van der Waals surface area (Å²) < 4.78 is 40.6. The second-order valence-electron chi connectivity index (χ2n) is 12.8. The molecule has 0 radical (unpaired) electrons. The molecule has 266 valence electrons. The zero-order valence-corrected chi connectivity index (χ0v) is 28.6. The Morgan fingerprint density at radius 3 is 2.55 bits per heavy atom. The first kappa shape index (κ1) is 34.5. The Bertz CT molecular complexity index is 2010. The summed E-state index contributed by atoms with van der Waals surface area (Å²) in [5.74, 6) is -0.872. The third kappa shape index (κ3) is 7.43. The number of amides is 3. The monoisotopic (exact) mass is 719 g/mol. The van der Waals surface area contributed by atoms with E-state index < -0.39 is 29.5 Å². The molecule has 51 heavy (non-hydrogen) atoms. The van der Waals surface area contributed by atoms with Crippen LogP contribution < -0.4 is 20.1 Å². The number of imide groups is 1. The predicted octanol–water partition coefficient (Wildman–Crippen LogP) is 4.66. The number of ether oxygens (including phenoxy) is 2. The first-order chi connectivity index (χ1) is 24.7. The zero-order valence-electron chi connectivity index (χ0n) is 27.9. The van der Waals surface area contributed by atoms with Crippen molar-refractivity contribution in [3.63, 3.8) is 0 Å². The molecular formula is C36H36ClF2N7O5. The van der Waals surface area contributed by atoms with Gasteiger partial charge in [-0.3, -0.25) is 24.6 Å². The number of piperazine rings is 1. The first-order valence-corrected chi connectivity index (χ1v) is 17.1. The van der Waals surface area contributed by atoms with Crippen LogP contribution in [-0.2, 0) is 22.7 Å². The third-order valence-electron chi connectivity index (χ3n) is 9.48. The summed E-state index contributed by atoms with van der Waals surface area (Å²) in [6.07, 6.45) is 2.59. The summed E-state index contributed by atoms with van der Waals surface area (Å²) >= 11 is 5.96. The molecule has 3 aliphatic heterocycles. The van der Waals surface area contributed by atoms with Crippen LogP contribution in [0.5, 0.6) is 11.5 Å². The van der Waals surface area contributed by atoms with Crippen molar-refractivity contribution in [2.45, 2.75) is 38.4 Å². The van der Waals surface area contributed by atoms with Crippen LogP contribution in [0.3, 0.4) is 0 Å². The van der Waals surface area contributed by atoms with Gasteiger partial charge in [-0.25, -0.2) is 18.7 Å². The Morgan fingerprint density at radius 1 is 0.980 bits per heavy atom. The van der Waals surface area contributed by atoms with Gasteiger partial charge in [0.05, 0.1) is 29.8 Å². The van der Waals surface area contributed by atoms with E-state index in [0.717, 1.165) is 44.7 Å². The van der Waals surface area contributed by atoms with E-state index in [2.05, 4.69) is 30.4 Å². The number of hydrogen-bond acceptors (Lipinski definition) is 10. The van der Waals surface area contributed by atoms with E-state index in [1.807, 2.05) is 12.1 Å². The fourth-order valence-electron chi connectivity index (χ4n) is 6.86. The smallest absolute Gasteiger partial charge is 0.258 e. The molecule has 4 aromatic rings. The summed E-state index contributed by atoms with van der Waals surface area (Å²) in [5.41, 5.74) is 2.58. The maximum atomic E-state index is 15.2. The number of carbonyl (C=O) groups is 3.